The van der Waals surface area contributed by atoms with Gasteiger partial charge in [0.25, 0.3) is 5.91 Å². The van der Waals surface area contributed by atoms with Crippen molar-refractivity contribution in [1.82, 2.24) is 15.2 Å². The number of rotatable bonds is 2. The van der Waals surface area contributed by atoms with Gasteiger partial charge < -0.3 is 5.32 Å². The van der Waals surface area contributed by atoms with Crippen LogP contribution in [0.5, 0.6) is 0 Å². The molecule has 20 heavy (non-hydrogen) atoms. The van der Waals surface area contributed by atoms with Crippen LogP contribution in [0.1, 0.15) is 44.0 Å². The normalized spacial score (nSPS) is 18.0. The molecule has 1 N–H and O–H groups in total. The molecule has 4 nitrogen and oxygen atoms in total. The minimum Gasteiger partial charge on any atom is -0.349 e. The summed E-state index contributed by atoms with van der Waals surface area (Å²) in [6, 6.07) is 3.85. The predicted octanol–water partition coefficient (Wildman–Crippen LogP) is 2.84. The number of pyridine rings is 1. The van der Waals surface area contributed by atoms with E-state index in [0.717, 1.165) is 30.5 Å². The lowest BCUT2D eigenvalue weighted by atomic mass is 9.98. The van der Waals surface area contributed by atoms with E-state index in [1.807, 2.05) is 0 Å². The topological polar surface area (TPSA) is 45.2 Å². The molecular weight excluding hydrogens is 318 g/mol. The van der Waals surface area contributed by atoms with Gasteiger partial charge in [-0.2, -0.15) is 0 Å². The van der Waals surface area contributed by atoms with E-state index in [2.05, 4.69) is 51.9 Å². The minimum absolute atomic E-state index is 0.0285. The first-order chi connectivity index (χ1) is 9.36. The number of amides is 1. The highest BCUT2D eigenvalue weighted by Gasteiger charge is 2.27. The Kier molecular flexibility index (Phi) is 4.81. The smallest absolute Gasteiger partial charge is 0.253 e. The Bertz CT molecular complexity index is 459. The number of aromatic nitrogens is 1. The van der Waals surface area contributed by atoms with Crippen LogP contribution in [0.3, 0.4) is 0 Å². The van der Waals surface area contributed by atoms with Crippen molar-refractivity contribution in [3.63, 3.8) is 0 Å². The number of nitrogens with one attached hydrogen (secondary N) is 1. The lowest BCUT2D eigenvalue weighted by Gasteiger charge is -2.41. The minimum atomic E-state index is -0.0285. The molecule has 1 aliphatic rings. The molecule has 0 atom stereocenters. The standard InChI is InChI=1S/C15H22BrN3O/c1-15(2,3)19-8-6-12(7-9-19)18-14(20)11-4-5-13(16)17-10-11/h4-5,10,12H,6-9H2,1-3H3,(H,18,20). The molecule has 110 valence electrons. The fraction of sp³-hybridized carbons (Fsp3) is 0.600. The molecule has 2 heterocycles. The first-order valence-electron chi connectivity index (χ1n) is 7.04. The van der Waals surface area contributed by atoms with Crippen LogP contribution < -0.4 is 5.32 Å². The number of carbonyl (C=O) groups excluding carboxylic acids is 1. The number of hydrogen-bond donors (Lipinski definition) is 1. The molecule has 1 saturated heterocycles. The second-order valence-electron chi connectivity index (χ2n) is 6.28. The summed E-state index contributed by atoms with van der Waals surface area (Å²) in [5, 5.41) is 3.11. The number of piperidine rings is 1. The Balaban J connectivity index is 1.86. The summed E-state index contributed by atoms with van der Waals surface area (Å²) in [6.45, 7) is 8.78. The van der Waals surface area contributed by atoms with Crippen molar-refractivity contribution < 1.29 is 4.79 Å². The van der Waals surface area contributed by atoms with Gasteiger partial charge in [0.2, 0.25) is 0 Å². The predicted molar refractivity (Wildman–Crippen MR) is 83.8 cm³/mol. The van der Waals surface area contributed by atoms with Gasteiger partial charge in [-0.3, -0.25) is 9.69 Å². The molecule has 0 unspecified atom stereocenters. The fourth-order valence-electron chi connectivity index (χ4n) is 2.47. The summed E-state index contributed by atoms with van der Waals surface area (Å²) >= 11 is 3.27. The molecule has 1 aromatic heterocycles. The average molecular weight is 340 g/mol. The Morgan fingerprint density at radius 1 is 1.35 bits per heavy atom. The van der Waals surface area contributed by atoms with E-state index in [1.165, 1.54) is 0 Å². The van der Waals surface area contributed by atoms with Crippen LogP contribution in [0.15, 0.2) is 22.9 Å². The van der Waals surface area contributed by atoms with E-state index in [9.17, 15) is 4.79 Å². The summed E-state index contributed by atoms with van der Waals surface area (Å²) in [5.74, 6) is -0.0285. The zero-order chi connectivity index (χ0) is 14.8. The summed E-state index contributed by atoms with van der Waals surface area (Å²) in [4.78, 5) is 18.7. The largest absolute Gasteiger partial charge is 0.349 e. The van der Waals surface area contributed by atoms with E-state index >= 15 is 0 Å². The van der Waals surface area contributed by atoms with E-state index < -0.39 is 0 Å². The van der Waals surface area contributed by atoms with Crippen LogP contribution in [0, 0.1) is 0 Å². The first-order valence-corrected chi connectivity index (χ1v) is 7.83. The number of hydrogen-bond acceptors (Lipinski definition) is 3. The van der Waals surface area contributed by atoms with Crippen LogP contribution in [0.2, 0.25) is 0 Å². The molecule has 0 saturated carbocycles. The van der Waals surface area contributed by atoms with Crippen molar-refractivity contribution in [1.29, 1.82) is 0 Å². The van der Waals surface area contributed by atoms with E-state index in [1.54, 1.807) is 18.3 Å². The maximum atomic E-state index is 12.1. The number of carbonyl (C=O) groups is 1. The van der Waals surface area contributed by atoms with Gasteiger partial charge >= 0.3 is 0 Å². The molecule has 5 heteroatoms. The Morgan fingerprint density at radius 2 is 2.00 bits per heavy atom. The molecule has 1 amide bonds. The van der Waals surface area contributed by atoms with Crippen molar-refractivity contribution in [3.8, 4) is 0 Å². The van der Waals surface area contributed by atoms with Gasteiger partial charge in [-0.05, 0) is 61.7 Å². The lowest BCUT2D eigenvalue weighted by molar-refractivity contribution is 0.0812. The molecule has 1 aliphatic heterocycles. The van der Waals surface area contributed by atoms with Crippen LogP contribution in [0.4, 0.5) is 0 Å². The first kappa shape index (κ1) is 15.4. The Labute approximate surface area is 129 Å². The maximum absolute atomic E-state index is 12.1. The Hall–Kier alpha value is -0.940. The highest BCUT2D eigenvalue weighted by Crippen LogP contribution is 2.20. The van der Waals surface area contributed by atoms with Gasteiger partial charge in [-0.15, -0.1) is 0 Å². The van der Waals surface area contributed by atoms with E-state index in [-0.39, 0.29) is 17.5 Å². The van der Waals surface area contributed by atoms with Crippen LogP contribution >= 0.6 is 15.9 Å². The number of nitrogens with zero attached hydrogens (tertiary/aromatic N) is 2. The maximum Gasteiger partial charge on any atom is 0.253 e. The molecule has 0 bridgehead atoms. The summed E-state index contributed by atoms with van der Waals surface area (Å²) in [6.07, 6.45) is 3.61. The van der Waals surface area contributed by atoms with Gasteiger partial charge in [0.15, 0.2) is 0 Å². The van der Waals surface area contributed by atoms with Crippen LogP contribution in [0.25, 0.3) is 0 Å². The molecule has 1 fully saturated rings. The van der Waals surface area contributed by atoms with E-state index in [0.29, 0.717) is 5.56 Å². The SMILES string of the molecule is CC(C)(C)N1CCC(NC(=O)c2ccc(Br)nc2)CC1. The monoisotopic (exact) mass is 339 g/mol. The van der Waals surface area contributed by atoms with Gasteiger partial charge in [0, 0.05) is 30.9 Å². The summed E-state index contributed by atoms with van der Waals surface area (Å²) in [5.41, 5.74) is 0.830. The summed E-state index contributed by atoms with van der Waals surface area (Å²) in [7, 11) is 0. The van der Waals surface area contributed by atoms with Crippen LogP contribution in [-0.4, -0.2) is 40.5 Å². The third-order valence-electron chi connectivity index (χ3n) is 3.77. The number of halogens is 1. The zero-order valence-corrected chi connectivity index (χ0v) is 13.9. The third kappa shape index (κ3) is 4.03. The van der Waals surface area contributed by atoms with Crippen molar-refractivity contribution >= 4 is 21.8 Å². The molecular formula is C15H22BrN3O. The second kappa shape index (κ2) is 6.22. The molecule has 0 spiro atoms. The number of likely N-dealkylation sites (tertiary alicyclic amines) is 1. The van der Waals surface area contributed by atoms with Gasteiger partial charge in [-0.25, -0.2) is 4.98 Å². The van der Waals surface area contributed by atoms with Crippen molar-refractivity contribution in [2.45, 2.75) is 45.2 Å². The lowest BCUT2D eigenvalue weighted by Crippen LogP contribution is -2.50. The van der Waals surface area contributed by atoms with Gasteiger partial charge in [-0.1, -0.05) is 0 Å². The highest BCUT2D eigenvalue weighted by molar-refractivity contribution is 9.10. The molecule has 0 aromatic carbocycles. The van der Waals surface area contributed by atoms with Crippen molar-refractivity contribution in [2.24, 2.45) is 0 Å². The van der Waals surface area contributed by atoms with Crippen molar-refractivity contribution in [2.75, 3.05) is 13.1 Å². The van der Waals surface area contributed by atoms with Crippen LogP contribution in [-0.2, 0) is 0 Å². The van der Waals surface area contributed by atoms with E-state index in [4.69, 9.17) is 0 Å². The molecule has 2 rings (SSSR count). The average Bonchev–Trinajstić information content (AvgIpc) is 2.39. The second-order valence-corrected chi connectivity index (χ2v) is 7.09. The Morgan fingerprint density at radius 3 is 2.50 bits per heavy atom. The molecule has 0 aliphatic carbocycles. The zero-order valence-electron chi connectivity index (χ0n) is 12.3. The third-order valence-corrected chi connectivity index (χ3v) is 4.24. The summed E-state index contributed by atoms with van der Waals surface area (Å²) < 4.78 is 0.743. The van der Waals surface area contributed by atoms with Crippen molar-refractivity contribution in [3.05, 3.63) is 28.5 Å². The highest BCUT2D eigenvalue weighted by atomic mass is 79.9. The fourth-order valence-corrected chi connectivity index (χ4v) is 2.71. The van der Waals surface area contributed by atoms with Gasteiger partial charge in [0.1, 0.15) is 4.60 Å². The molecule has 1 aromatic rings. The van der Waals surface area contributed by atoms with Gasteiger partial charge in [0.05, 0.1) is 5.56 Å². The molecule has 0 radical (unpaired) electrons. The quantitative estimate of drug-likeness (QED) is 0.842.